The van der Waals surface area contributed by atoms with Crippen molar-refractivity contribution in [3.63, 3.8) is 0 Å². The lowest BCUT2D eigenvalue weighted by Gasteiger charge is -2.23. The number of nitrogens with one attached hydrogen (secondary N) is 1. The lowest BCUT2D eigenvalue weighted by molar-refractivity contribution is -0.129. The normalized spacial score (nSPS) is 18.0. The minimum Gasteiger partial charge on any atom is -0.355 e. The quantitative estimate of drug-likeness (QED) is 0.857. The van der Waals surface area contributed by atoms with Gasteiger partial charge in [0.1, 0.15) is 0 Å². The number of carbonyl (C=O) groups is 2. The lowest BCUT2D eigenvalue weighted by atomic mass is 10.1. The molecule has 2 rings (SSSR count). The van der Waals surface area contributed by atoms with Gasteiger partial charge >= 0.3 is 0 Å². The summed E-state index contributed by atoms with van der Waals surface area (Å²) < 4.78 is 0. The number of rotatable bonds is 6. The molecule has 0 bridgehead atoms. The highest BCUT2D eigenvalue weighted by Gasteiger charge is 2.27. The van der Waals surface area contributed by atoms with E-state index in [9.17, 15) is 9.59 Å². The Morgan fingerprint density at radius 1 is 1.35 bits per heavy atom. The number of likely N-dealkylation sites (tertiary alicyclic amines) is 1. The lowest BCUT2D eigenvalue weighted by Crippen LogP contribution is -2.40. The number of hydrogen-bond donors (Lipinski definition) is 1. The third-order valence-electron chi connectivity index (χ3n) is 4.31. The number of amides is 2. The molecule has 0 saturated carbocycles. The molecular formula is C17H24ClN3O2. The summed E-state index contributed by atoms with van der Waals surface area (Å²) in [5.74, 6) is 0.106. The number of carbonyl (C=O) groups excluding carboxylic acids is 2. The first-order valence-electron chi connectivity index (χ1n) is 7.92. The van der Waals surface area contributed by atoms with Gasteiger partial charge in [-0.2, -0.15) is 0 Å². The van der Waals surface area contributed by atoms with Gasteiger partial charge in [-0.25, -0.2) is 0 Å². The molecule has 1 saturated heterocycles. The molecule has 0 aliphatic carbocycles. The van der Waals surface area contributed by atoms with Crippen LogP contribution in [0.15, 0.2) is 24.3 Å². The summed E-state index contributed by atoms with van der Waals surface area (Å²) in [5, 5.41) is 3.66. The van der Waals surface area contributed by atoms with E-state index >= 15 is 0 Å². The standard InChI is InChI=1S/C17H24ClN3O2/c1-13(22)20(2)16-8-10-21(11-16)12-17(23)19-9-7-14-3-5-15(18)6-4-14/h3-6,16H,7-12H2,1-2H3,(H,19,23)/t16-/m0/s1. The number of likely N-dealkylation sites (N-methyl/N-ethyl adjacent to an activating group) is 1. The van der Waals surface area contributed by atoms with Crippen molar-refractivity contribution < 1.29 is 9.59 Å². The summed E-state index contributed by atoms with van der Waals surface area (Å²) in [6.07, 6.45) is 1.72. The number of nitrogens with zero attached hydrogens (tertiary/aromatic N) is 2. The van der Waals surface area contributed by atoms with Crippen LogP contribution in [-0.2, 0) is 16.0 Å². The summed E-state index contributed by atoms with van der Waals surface area (Å²) in [6, 6.07) is 7.87. The average Bonchev–Trinajstić information content (AvgIpc) is 2.96. The van der Waals surface area contributed by atoms with Crippen molar-refractivity contribution >= 4 is 23.4 Å². The molecule has 1 fully saturated rings. The fourth-order valence-electron chi connectivity index (χ4n) is 2.79. The Balaban J connectivity index is 1.67. The minimum absolute atomic E-state index is 0.0325. The maximum Gasteiger partial charge on any atom is 0.234 e. The van der Waals surface area contributed by atoms with E-state index < -0.39 is 0 Å². The van der Waals surface area contributed by atoms with Gasteiger partial charge < -0.3 is 10.2 Å². The molecule has 1 atom stereocenters. The van der Waals surface area contributed by atoms with Crippen LogP contribution in [0.2, 0.25) is 5.02 Å². The van der Waals surface area contributed by atoms with Gasteiger partial charge in [0.05, 0.1) is 6.54 Å². The summed E-state index contributed by atoms with van der Waals surface area (Å²) in [7, 11) is 1.82. The van der Waals surface area contributed by atoms with Crippen molar-refractivity contribution in [3.05, 3.63) is 34.9 Å². The van der Waals surface area contributed by atoms with Crippen molar-refractivity contribution in [2.75, 3.05) is 33.2 Å². The molecular weight excluding hydrogens is 314 g/mol. The van der Waals surface area contributed by atoms with Gasteiger partial charge in [-0.05, 0) is 30.5 Å². The van der Waals surface area contributed by atoms with Crippen LogP contribution in [0.3, 0.4) is 0 Å². The van der Waals surface area contributed by atoms with E-state index in [1.54, 1.807) is 11.8 Å². The molecule has 0 unspecified atom stereocenters. The molecule has 2 amide bonds. The predicted octanol–water partition coefficient (Wildman–Crippen LogP) is 1.55. The van der Waals surface area contributed by atoms with E-state index in [1.807, 2.05) is 31.3 Å². The van der Waals surface area contributed by atoms with Gasteiger partial charge in [0.2, 0.25) is 11.8 Å². The van der Waals surface area contributed by atoms with Crippen LogP contribution in [0.5, 0.6) is 0 Å². The van der Waals surface area contributed by atoms with Crippen LogP contribution in [0.4, 0.5) is 0 Å². The van der Waals surface area contributed by atoms with Crippen molar-refractivity contribution in [3.8, 4) is 0 Å². The first kappa shape index (κ1) is 17.8. The first-order valence-corrected chi connectivity index (χ1v) is 8.30. The zero-order chi connectivity index (χ0) is 16.8. The van der Waals surface area contributed by atoms with Crippen LogP contribution in [-0.4, -0.2) is 60.9 Å². The molecule has 6 heteroatoms. The second-order valence-electron chi connectivity index (χ2n) is 6.03. The molecule has 126 valence electrons. The molecule has 1 heterocycles. The highest BCUT2D eigenvalue weighted by molar-refractivity contribution is 6.30. The Morgan fingerprint density at radius 2 is 2.04 bits per heavy atom. The molecule has 0 aromatic heterocycles. The van der Waals surface area contributed by atoms with E-state index in [0.29, 0.717) is 13.1 Å². The van der Waals surface area contributed by atoms with Crippen LogP contribution in [0, 0.1) is 0 Å². The van der Waals surface area contributed by atoms with Crippen molar-refractivity contribution in [1.29, 1.82) is 0 Å². The fraction of sp³-hybridized carbons (Fsp3) is 0.529. The molecule has 1 N–H and O–H groups in total. The molecule has 23 heavy (non-hydrogen) atoms. The van der Waals surface area contributed by atoms with Crippen molar-refractivity contribution in [1.82, 2.24) is 15.1 Å². The van der Waals surface area contributed by atoms with E-state index in [4.69, 9.17) is 11.6 Å². The van der Waals surface area contributed by atoms with Crippen molar-refractivity contribution in [2.45, 2.75) is 25.8 Å². The summed E-state index contributed by atoms with van der Waals surface area (Å²) >= 11 is 5.84. The topological polar surface area (TPSA) is 52.7 Å². The molecule has 0 spiro atoms. The Hall–Kier alpha value is -1.59. The summed E-state index contributed by atoms with van der Waals surface area (Å²) in [6.45, 7) is 4.20. The smallest absolute Gasteiger partial charge is 0.234 e. The Bertz CT molecular complexity index is 547. The summed E-state index contributed by atoms with van der Waals surface area (Å²) in [5.41, 5.74) is 1.15. The first-order chi connectivity index (χ1) is 11.0. The van der Waals surface area contributed by atoms with Gasteiger partial charge in [0.25, 0.3) is 0 Å². The van der Waals surface area contributed by atoms with Gasteiger partial charge in [0.15, 0.2) is 0 Å². The number of halogens is 1. The molecule has 1 aromatic rings. The summed E-state index contributed by atoms with van der Waals surface area (Å²) in [4.78, 5) is 27.2. The maximum absolute atomic E-state index is 12.0. The monoisotopic (exact) mass is 337 g/mol. The molecule has 1 aliphatic heterocycles. The van der Waals surface area contributed by atoms with Crippen LogP contribution in [0.25, 0.3) is 0 Å². The third kappa shape index (κ3) is 5.52. The largest absolute Gasteiger partial charge is 0.355 e. The number of hydrogen-bond acceptors (Lipinski definition) is 3. The molecule has 1 aliphatic rings. The maximum atomic E-state index is 12.0. The highest BCUT2D eigenvalue weighted by Crippen LogP contribution is 2.14. The second-order valence-corrected chi connectivity index (χ2v) is 6.47. The zero-order valence-corrected chi connectivity index (χ0v) is 14.5. The van der Waals surface area contributed by atoms with E-state index in [0.717, 1.165) is 36.5 Å². The van der Waals surface area contributed by atoms with Gasteiger partial charge in [-0.3, -0.25) is 14.5 Å². The average molecular weight is 338 g/mol. The third-order valence-corrected chi connectivity index (χ3v) is 4.56. The zero-order valence-electron chi connectivity index (χ0n) is 13.7. The highest BCUT2D eigenvalue weighted by atomic mass is 35.5. The van der Waals surface area contributed by atoms with Crippen LogP contribution >= 0.6 is 11.6 Å². The molecule has 1 aromatic carbocycles. The Kier molecular flexibility index (Phi) is 6.42. The van der Waals surface area contributed by atoms with Crippen LogP contribution < -0.4 is 5.32 Å². The fourth-order valence-corrected chi connectivity index (χ4v) is 2.91. The van der Waals surface area contributed by atoms with Gasteiger partial charge in [0, 0.05) is 44.7 Å². The van der Waals surface area contributed by atoms with Gasteiger partial charge in [-0.15, -0.1) is 0 Å². The van der Waals surface area contributed by atoms with E-state index in [-0.39, 0.29) is 17.9 Å². The van der Waals surface area contributed by atoms with Crippen LogP contribution in [0.1, 0.15) is 18.9 Å². The SMILES string of the molecule is CC(=O)N(C)[C@H]1CCN(CC(=O)NCCc2ccc(Cl)cc2)C1. The van der Waals surface area contributed by atoms with Crippen molar-refractivity contribution in [2.24, 2.45) is 0 Å². The van der Waals surface area contributed by atoms with E-state index in [2.05, 4.69) is 10.2 Å². The Labute approximate surface area is 142 Å². The predicted molar refractivity (Wildman–Crippen MR) is 91.5 cm³/mol. The minimum atomic E-state index is 0.0325. The van der Waals surface area contributed by atoms with Gasteiger partial charge in [-0.1, -0.05) is 23.7 Å². The molecule has 5 nitrogen and oxygen atoms in total. The Morgan fingerprint density at radius 3 is 2.70 bits per heavy atom. The van der Waals surface area contributed by atoms with E-state index in [1.165, 1.54) is 0 Å². The number of benzene rings is 1. The second kappa shape index (κ2) is 8.31. The molecule has 0 radical (unpaired) electrons.